The summed E-state index contributed by atoms with van der Waals surface area (Å²) in [6, 6.07) is 15.5. The molecule has 0 unspecified atom stereocenters. The predicted octanol–water partition coefficient (Wildman–Crippen LogP) is 3.19. The van der Waals surface area contributed by atoms with E-state index < -0.39 is 0 Å². The van der Waals surface area contributed by atoms with Crippen molar-refractivity contribution < 1.29 is 9.53 Å². The molecule has 1 amide bonds. The van der Waals surface area contributed by atoms with Crippen molar-refractivity contribution in [3.8, 4) is 5.75 Å². The topological polar surface area (TPSA) is 70.6 Å². The molecular weight excluding hydrogens is 424 g/mol. The van der Waals surface area contributed by atoms with Gasteiger partial charge in [0, 0.05) is 45.7 Å². The minimum atomic E-state index is -0.155. The zero-order valence-corrected chi connectivity index (χ0v) is 19.1. The van der Waals surface area contributed by atoms with Crippen molar-refractivity contribution in [3.63, 3.8) is 0 Å². The molecule has 1 aliphatic heterocycles. The standard InChI is InChI=1S/C24H28N4O3S/c1-2-31-19-9-7-18(8-10-19)17-26-13-15-27(16-14-26)22(29)11-12-28-23(30)20-5-3-4-6-21(20)25-24(28)32/h3-10H,2,11-17H2,1H3,(H,25,32). The Kier molecular flexibility index (Phi) is 7.02. The molecule has 2 heterocycles. The number of carbonyl (C=O) groups excluding carboxylic acids is 1. The zero-order valence-electron chi connectivity index (χ0n) is 18.3. The summed E-state index contributed by atoms with van der Waals surface area (Å²) in [5, 5.41) is 0.580. The van der Waals surface area contributed by atoms with Crippen molar-refractivity contribution >= 4 is 29.0 Å². The van der Waals surface area contributed by atoms with Crippen molar-refractivity contribution in [2.45, 2.75) is 26.4 Å². The summed E-state index contributed by atoms with van der Waals surface area (Å²) in [7, 11) is 0. The number of amides is 1. The monoisotopic (exact) mass is 452 g/mol. The molecule has 1 saturated heterocycles. The Hall–Kier alpha value is -2.97. The number of piperazine rings is 1. The summed E-state index contributed by atoms with van der Waals surface area (Å²) >= 11 is 5.34. The van der Waals surface area contributed by atoms with Gasteiger partial charge in [-0.3, -0.25) is 19.1 Å². The Bertz CT molecular complexity index is 1190. The van der Waals surface area contributed by atoms with Gasteiger partial charge < -0.3 is 14.6 Å². The zero-order chi connectivity index (χ0) is 22.5. The van der Waals surface area contributed by atoms with Crippen LogP contribution in [0.4, 0.5) is 0 Å². The number of aromatic amines is 1. The summed E-state index contributed by atoms with van der Waals surface area (Å²) in [6.45, 7) is 6.81. The van der Waals surface area contributed by atoms with Crippen molar-refractivity contribution in [3.05, 3.63) is 69.2 Å². The third kappa shape index (κ3) is 5.08. The molecule has 0 atom stereocenters. The number of fused-ring (bicyclic) bond motifs is 1. The van der Waals surface area contributed by atoms with Crippen LogP contribution in [0.25, 0.3) is 10.9 Å². The fraction of sp³-hybridized carbons (Fsp3) is 0.375. The van der Waals surface area contributed by atoms with Crippen LogP contribution in [0, 0.1) is 4.77 Å². The van der Waals surface area contributed by atoms with E-state index in [0.29, 0.717) is 35.4 Å². The highest BCUT2D eigenvalue weighted by Gasteiger charge is 2.21. The van der Waals surface area contributed by atoms with E-state index in [1.807, 2.05) is 42.2 Å². The first-order valence-electron chi connectivity index (χ1n) is 11.0. The van der Waals surface area contributed by atoms with E-state index in [0.717, 1.165) is 25.4 Å². The number of aromatic nitrogens is 2. The molecule has 3 aromatic rings. The minimum absolute atomic E-state index is 0.0557. The van der Waals surface area contributed by atoms with Gasteiger partial charge in [0.2, 0.25) is 5.91 Å². The van der Waals surface area contributed by atoms with E-state index in [9.17, 15) is 9.59 Å². The minimum Gasteiger partial charge on any atom is -0.494 e. The number of H-pyrrole nitrogens is 1. The van der Waals surface area contributed by atoms with E-state index in [1.165, 1.54) is 10.1 Å². The van der Waals surface area contributed by atoms with Crippen LogP contribution in [0.2, 0.25) is 0 Å². The molecule has 1 aliphatic rings. The average Bonchev–Trinajstić information content (AvgIpc) is 2.81. The number of rotatable bonds is 7. The van der Waals surface area contributed by atoms with Crippen molar-refractivity contribution in [2.75, 3.05) is 32.8 Å². The highest BCUT2D eigenvalue weighted by Crippen LogP contribution is 2.15. The molecule has 0 radical (unpaired) electrons. The number of nitrogens with zero attached hydrogens (tertiary/aromatic N) is 3. The van der Waals surface area contributed by atoms with Gasteiger partial charge in [-0.1, -0.05) is 24.3 Å². The lowest BCUT2D eigenvalue weighted by Gasteiger charge is -2.35. The summed E-state index contributed by atoms with van der Waals surface area (Å²) in [6.07, 6.45) is 0.259. The third-order valence-electron chi connectivity index (χ3n) is 5.80. The summed E-state index contributed by atoms with van der Waals surface area (Å²) in [5.74, 6) is 0.942. The smallest absolute Gasteiger partial charge is 0.262 e. The molecular formula is C24H28N4O3S. The maximum absolute atomic E-state index is 12.8. The first-order valence-corrected chi connectivity index (χ1v) is 11.4. The van der Waals surface area contributed by atoms with Gasteiger partial charge in [0.1, 0.15) is 5.75 Å². The van der Waals surface area contributed by atoms with E-state index in [4.69, 9.17) is 17.0 Å². The number of ether oxygens (including phenoxy) is 1. The van der Waals surface area contributed by atoms with Gasteiger partial charge in [-0.2, -0.15) is 0 Å². The molecule has 0 saturated carbocycles. The predicted molar refractivity (Wildman–Crippen MR) is 127 cm³/mol. The summed E-state index contributed by atoms with van der Waals surface area (Å²) < 4.78 is 7.33. The number of benzene rings is 2. The number of hydrogen-bond acceptors (Lipinski definition) is 5. The van der Waals surface area contributed by atoms with Crippen LogP contribution in [0.3, 0.4) is 0 Å². The highest BCUT2D eigenvalue weighted by atomic mass is 32.1. The lowest BCUT2D eigenvalue weighted by molar-refractivity contribution is -0.133. The van der Waals surface area contributed by atoms with Crippen LogP contribution in [-0.2, 0) is 17.9 Å². The molecule has 7 nitrogen and oxygen atoms in total. The van der Waals surface area contributed by atoms with E-state index in [-0.39, 0.29) is 24.4 Å². The van der Waals surface area contributed by atoms with Crippen molar-refractivity contribution in [2.24, 2.45) is 0 Å². The number of para-hydroxylation sites is 1. The van der Waals surface area contributed by atoms with Crippen LogP contribution in [0.5, 0.6) is 5.75 Å². The number of carbonyl (C=O) groups is 1. The van der Waals surface area contributed by atoms with Crippen LogP contribution in [0.1, 0.15) is 18.9 Å². The Morgan fingerprint density at radius 2 is 1.78 bits per heavy atom. The number of hydrogen-bond donors (Lipinski definition) is 1. The van der Waals surface area contributed by atoms with Gasteiger partial charge in [0.25, 0.3) is 5.56 Å². The second-order valence-electron chi connectivity index (χ2n) is 7.92. The fourth-order valence-corrected chi connectivity index (χ4v) is 4.32. The molecule has 2 aromatic carbocycles. The Morgan fingerprint density at radius 3 is 2.50 bits per heavy atom. The maximum atomic E-state index is 12.8. The van der Waals surface area contributed by atoms with Gasteiger partial charge in [-0.25, -0.2) is 0 Å². The average molecular weight is 453 g/mol. The molecule has 1 N–H and O–H groups in total. The second kappa shape index (κ2) is 10.1. The van der Waals surface area contributed by atoms with Gasteiger partial charge in [-0.15, -0.1) is 0 Å². The van der Waals surface area contributed by atoms with Crippen molar-refractivity contribution in [1.82, 2.24) is 19.4 Å². The lowest BCUT2D eigenvalue weighted by Crippen LogP contribution is -2.48. The van der Waals surface area contributed by atoms with Crippen LogP contribution < -0.4 is 10.3 Å². The molecule has 8 heteroatoms. The number of nitrogens with one attached hydrogen (secondary N) is 1. The lowest BCUT2D eigenvalue weighted by atomic mass is 10.2. The largest absolute Gasteiger partial charge is 0.494 e. The van der Waals surface area contributed by atoms with Crippen LogP contribution in [-0.4, -0.2) is 58.0 Å². The second-order valence-corrected chi connectivity index (χ2v) is 8.30. The molecule has 168 valence electrons. The van der Waals surface area contributed by atoms with E-state index in [2.05, 4.69) is 22.0 Å². The highest BCUT2D eigenvalue weighted by molar-refractivity contribution is 7.71. The normalized spacial score (nSPS) is 14.6. The quantitative estimate of drug-likeness (QED) is 0.558. The molecule has 32 heavy (non-hydrogen) atoms. The molecule has 1 fully saturated rings. The Balaban J connectivity index is 1.30. The first-order chi connectivity index (χ1) is 15.5. The van der Waals surface area contributed by atoms with Gasteiger partial charge >= 0.3 is 0 Å². The Morgan fingerprint density at radius 1 is 1.06 bits per heavy atom. The van der Waals surface area contributed by atoms with E-state index in [1.54, 1.807) is 6.07 Å². The van der Waals surface area contributed by atoms with Crippen LogP contribution in [0.15, 0.2) is 53.3 Å². The molecule has 0 bridgehead atoms. The third-order valence-corrected chi connectivity index (χ3v) is 6.13. The molecule has 0 spiro atoms. The SMILES string of the molecule is CCOc1ccc(CN2CCN(C(=O)CCn3c(=S)[nH]c4ccccc4c3=O)CC2)cc1. The van der Waals surface area contributed by atoms with Gasteiger partial charge in [-0.05, 0) is 49.0 Å². The molecule has 1 aromatic heterocycles. The van der Waals surface area contributed by atoms with Crippen molar-refractivity contribution in [1.29, 1.82) is 0 Å². The van der Waals surface area contributed by atoms with Gasteiger partial charge in [0.05, 0.1) is 17.5 Å². The first kappa shape index (κ1) is 22.2. The molecule has 4 rings (SSSR count). The van der Waals surface area contributed by atoms with E-state index >= 15 is 0 Å². The summed E-state index contributed by atoms with van der Waals surface area (Å²) in [4.78, 5) is 32.8. The summed E-state index contributed by atoms with van der Waals surface area (Å²) in [5.41, 5.74) is 1.80. The Labute approximate surface area is 192 Å². The maximum Gasteiger partial charge on any atom is 0.262 e. The van der Waals surface area contributed by atoms with Crippen LogP contribution >= 0.6 is 12.2 Å². The van der Waals surface area contributed by atoms with Gasteiger partial charge in [0.15, 0.2) is 4.77 Å². The fourth-order valence-electron chi connectivity index (χ4n) is 4.04. The molecule has 0 aliphatic carbocycles.